The van der Waals surface area contributed by atoms with E-state index < -0.39 is 28.1 Å². The lowest BCUT2D eigenvalue weighted by molar-refractivity contribution is 0.0923. The molecule has 1 heterocycles. The maximum atomic E-state index is 12.2. The summed E-state index contributed by atoms with van der Waals surface area (Å²) in [6.07, 6.45) is 0. The van der Waals surface area contributed by atoms with Crippen LogP contribution in [0.3, 0.4) is 0 Å². The summed E-state index contributed by atoms with van der Waals surface area (Å²) in [7, 11) is -4.27. The van der Waals surface area contributed by atoms with Gasteiger partial charge in [-0.2, -0.15) is 13.7 Å². The number of hydrogen-bond donors (Lipinski definition) is 2. The molecule has 1 aromatic heterocycles. The lowest BCUT2D eigenvalue weighted by Crippen LogP contribution is -2.20. The minimum Gasteiger partial charge on any atom is -0.508 e. The van der Waals surface area contributed by atoms with Gasteiger partial charge < -0.3 is 10.1 Å². The number of aromatic hydroxyl groups is 1. The van der Waals surface area contributed by atoms with Crippen LogP contribution in [0.25, 0.3) is 0 Å². The second-order valence-corrected chi connectivity index (χ2v) is 6.84. The van der Waals surface area contributed by atoms with Crippen LogP contribution in [0.4, 0.5) is 0 Å². The molecule has 0 saturated heterocycles. The maximum absolute atomic E-state index is 12.2. The van der Waals surface area contributed by atoms with Crippen LogP contribution in [0.5, 0.6) is 5.75 Å². The Morgan fingerprint density at radius 3 is 2.64 bits per heavy atom. The van der Waals surface area contributed by atoms with Crippen LogP contribution in [0.15, 0.2) is 34.0 Å². The molecule has 2 rings (SSSR count). The number of phenolic OH excluding ortho intramolecular Hbond substituents is 1. The Labute approximate surface area is 143 Å². The number of nitrogens with one attached hydrogen (secondary N) is 1. The number of aromatic amines is 1. The molecule has 1 aromatic carbocycles. The van der Waals surface area contributed by atoms with E-state index in [2.05, 4.69) is 4.98 Å². The SMILES string of the molecule is Cc1ccc(O)cc1S(=O)(=O)OCC(=O)c1cc(C#N)c(=O)[nH]c1C. The number of Topliss-reactive ketones (excluding diaryl/α,β-unsaturated/α-hetero) is 1. The molecule has 130 valence electrons. The molecule has 25 heavy (non-hydrogen) atoms. The normalized spacial score (nSPS) is 11.1. The second-order valence-electron chi connectivity index (χ2n) is 5.25. The van der Waals surface area contributed by atoms with Crippen LogP contribution < -0.4 is 5.56 Å². The van der Waals surface area contributed by atoms with Gasteiger partial charge in [-0.3, -0.25) is 13.8 Å². The zero-order valence-electron chi connectivity index (χ0n) is 13.4. The third-order valence-corrected chi connectivity index (χ3v) is 4.85. The third-order valence-electron chi connectivity index (χ3n) is 3.45. The number of ketones is 1. The number of rotatable bonds is 5. The molecule has 0 aliphatic heterocycles. The summed E-state index contributed by atoms with van der Waals surface area (Å²) in [6.45, 7) is 2.15. The van der Waals surface area contributed by atoms with Crippen molar-refractivity contribution in [3.8, 4) is 11.8 Å². The van der Waals surface area contributed by atoms with E-state index in [1.807, 2.05) is 0 Å². The van der Waals surface area contributed by atoms with E-state index in [1.54, 1.807) is 6.07 Å². The lowest BCUT2D eigenvalue weighted by atomic mass is 10.1. The number of carbonyl (C=O) groups excluding carboxylic acids is 1. The summed E-state index contributed by atoms with van der Waals surface area (Å²) >= 11 is 0. The van der Waals surface area contributed by atoms with Crippen LogP contribution in [0, 0.1) is 25.2 Å². The van der Waals surface area contributed by atoms with Crippen molar-refractivity contribution in [2.24, 2.45) is 0 Å². The summed E-state index contributed by atoms with van der Waals surface area (Å²) in [5.74, 6) is -0.971. The van der Waals surface area contributed by atoms with Crippen molar-refractivity contribution in [1.82, 2.24) is 4.98 Å². The van der Waals surface area contributed by atoms with E-state index in [0.717, 1.165) is 12.1 Å². The molecule has 2 N–H and O–H groups in total. The molecule has 0 amide bonds. The standard InChI is InChI=1S/C16H14N2O6S/c1-9-3-4-12(19)6-15(9)25(22,23)24-8-14(20)13-5-11(7-17)16(21)18-10(13)2/h3-6,19H,8H2,1-2H3,(H,18,21). The van der Waals surface area contributed by atoms with E-state index >= 15 is 0 Å². The number of nitrogens with zero attached hydrogens (tertiary/aromatic N) is 1. The average Bonchev–Trinajstić information content (AvgIpc) is 2.55. The molecule has 0 aliphatic carbocycles. The smallest absolute Gasteiger partial charge is 0.297 e. The van der Waals surface area contributed by atoms with Crippen LogP contribution in [0.2, 0.25) is 0 Å². The van der Waals surface area contributed by atoms with E-state index in [0.29, 0.717) is 5.56 Å². The van der Waals surface area contributed by atoms with Gasteiger partial charge in [0.25, 0.3) is 15.7 Å². The molecule has 0 radical (unpaired) electrons. The van der Waals surface area contributed by atoms with Gasteiger partial charge in [0.05, 0.1) is 0 Å². The summed E-state index contributed by atoms with van der Waals surface area (Å²) in [6, 6.07) is 6.49. The fourth-order valence-electron chi connectivity index (χ4n) is 2.13. The number of H-pyrrole nitrogens is 1. The molecule has 2 aromatic rings. The number of aromatic nitrogens is 1. The Morgan fingerprint density at radius 1 is 1.32 bits per heavy atom. The van der Waals surface area contributed by atoms with Gasteiger partial charge in [0.1, 0.15) is 28.9 Å². The summed E-state index contributed by atoms with van der Waals surface area (Å²) in [5.41, 5.74) is -0.374. The van der Waals surface area contributed by atoms with Crippen LogP contribution in [-0.2, 0) is 14.3 Å². The lowest BCUT2D eigenvalue weighted by Gasteiger charge is -2.09. The first-order valence-corrected chi connectivity index (χ1v) is 8.43. The quantitative estimate of drug-likeness (QED) is 0.601. The minimum atomic E-state index is -4.27. The highest BCUT2D eigenvalue weighted by molar-refractivity contribution is 7.86. The molecule has 0 saturated carbocycles. The van der Waals surface area contributed by atoms with Crippen molar-refractivity contribution in [1.29, 1.82) is 5.26 Å². The van der Waals surface area contributed by atoms with Gasteiger partial charge >= 0.3 is 0 Å². The fraction of sp³-hybridized carbons (Fsp3) is 0.188. The van der Waals surface area contributed by atoms with E-state index in [-0.39, 0.29) is 27.5 Å². The molecule has 8 nitrogen and oxygen atoms in total. The monoisotopic (exact) mass is 362 g/mol. The molecule has 0 unspecified atom stereocenters. The van der Waals surface area contributed by atoms with Gasteiger partial charge in [-0.15, -0.1) is 0 Å². The molecule has 0 atom stereocenters. The van der Waals surface area contributed by atoms with Gasteiger partial charge in [0, 0.05) is 17.3 Å². The zero-order chi connectivity index (χ0) is 18.8. The molecule has 0 aliphatic rings. The molecule has 0 spiro atoms. The van der Waals surface area contributed by atoms with E-state index in [9.17, 15) is 23.1 Å². The number of nitriles is 1. The third kappa shape index (κ3) is 3.93. The molecule has 0 bridgehead atoms. The number of pyridine rings is 1. The first kappa shape index (κ1) is 18.4. The van der Waals surface area contributed by atoms with Gasteiger partial charge in [-0.1, -0.05) is 6.07 Å². The van der Waals surface area contributed by atoms with Gasteiger partial charge in [-0.05, 0) is 31.5 Å². The van der Waals surface area contributed by atoms with Crippen molar-refractivity contribution in [3.05, 3.63) is 57.0 Å². The Bertz CT molecular complexity index is 1050. The van der Waals surface area contributed by atoms with Gasteiger partial charge in [0.2, 0.25) is 0 Å². The molecular formula is C16H14N2O6S. The number of carbonyl (C=O) groups is 1. The minimum absolute atomic E-state index is 0.0148. The predicted molar refractivity (Wildman–Crippen MR) is 86.8 cm³/mol. The fourth-order valence-corrected chi connectivity index (χ4v) is 3.24. The summed E-state index contributed by atoms with van der Waals surface area (Å²) < 4.78 is 29.2. The van der Waals surface area contributed by atoms with E-state index in [4.69, 9.17) is 9.44 Å². The van der Waals surface area contributed by atoms with Gasteiger partial charge in [-0.25, -0.2) is 0 Å². The second kappa shape index (κ2) is 6.88. The first-order valence-electron chi connectivity index (χ1n) is 7.02. The molecular weight excluding hydrogens is 348 g/mol. The maximum Gasteiger partial charge on any atom is 0.297 e. The average molecular weight is 362 g/mol. The van der Waals surface area contributed by atoms with Crippen molar-refractivity contribution < 1.29 is 22.5 Å². The number of benzene rings is 1. The Hall–Kier alpha value is -2.96. The van der Waals surface area contributed by atoms with Crippen molar-refractivity contribution >= 4 is 15.9 Å². The predicted octanol–water partition coefficient (Wildman–Crippen LogP) is 1.16. The van der Waals surface area contributed by atoms with Crippen LogP contribution in [0.1, 0.15) is 27.2 Å². The summed E-state index contributed by atoms with van der Waals surface area (Å²) in [4.78, 5) is 25.8. The first-order chi connectivity index (χ1) is 11.7. The van der Waals surface area contributed by atoms with E-state index in [1.165, 1.54) is 26.0 Å². The number of hydrogen-bond acceptors (Lipinski definition) is 7. The van der Waals surface area contributed by atoms with Crippen molar-refractivity contribution in [3.63, 3.8) is 0 Å². The highest BCUT2D eigenvalue weighted by Gasteiger charge is 2.22. The highest BCUT2D eigenvalue weighted by atomic mass is 32.2. The topological polar surface area (TPSA) is 137 Å². The number of phenols is 1. The zero-order valence-corrected chi connectivity index (χ0v) is 14.2. The van der Waals surface area contributed by atoms with Crippen molar-refractivity contribution in [2.75, 3.05) is 6.61 Å². The largest absolute Gasteiger partial charge is 0.508 e. The van der Waals surface area contributed by atoms with Crippen LogP contribution in [-0.4, -0.2) is 30.9 Å². The Kier molecular flexibility index (Phi) is 5.06. The Morgan fingerprint density at radius 2 is 2.00 bits per heavy atom. The molecule has 9 heteroatoms. The highest BCUT2D eigenvalue weighted by Crippen LogP contribution is 2.22. The van der Waals surface area contributed by atoms with Gasteiger partial charge in [0.15, 0.2) is 5.78 Å². The Balaban J connectivity index is 2.27. The van der Waals surface area contributed by atoms with Crippen molar-refractivity contribution in [2.45, 2.75) is 18.7 Å². The summed E-state index contributed by atoms with van der Waals surface area (Å²) in [5, 5.41) is 18.3. The molecule has 0 fully saturated rings. The van der Waals surface area contributed by atoms with Crippen LogP contribution >= 0.6 is 0 Å². The number of aryl methyl sites for hydroxylation is 2.